The summed E-state index contributed by atoms with van der Waals surface area (Å²) in [5.74, 6) is -0.193. The van der Waals surface area contributed by atoms with Crippen molar-refractivity contribution in [1.82, 2.24) is 23.8 Å². The molecule has 1 aromatic carbocycles. The zero-order valence-corrected chi connectivity index (χ0v) is 20.8. The molecule has 0 radical (unpaired) electrons. The van der Waals surface area contributed by atoms with E-state index in [1.165, 1.54) is 11.8 Å². The number of thioether (sulfide) groups is 1. The third-order valence-electron chi connectivity index (χ3n) is 5.81. The van der Waals surface area contributed by atoms with Crippen LogP contribution in [0.3, 0.4) is 0 Å². The molecule has 1 fully saturated rings. The van der Waals surface area contributed by atoms with Crippen molar-refractivity contribution < 1.29 is 4.79 Å². The molecule has 0 bridgehead atoms. The average molecular weight is 502 g/mol. The second-order valence-corrected chi connectivity index (χ2v) is 10.0. The van der Waals surface area contributed by atoms with Crippen molar-refractivity contribution in [3.8, 4) is 0 Å². The summed E-state index contributed by atoms with van der Waals surface area (Å²) in [4.78, 5) is 37.7. The molecule has 0 aliphatic carbocycles. The van der Waals surface area contributed by atoms with Crippen molar-refractivity contribution >= 4 is 45.9 Å². The highest BCUT2D eigenvalue weighted by Gasteiger charge is 2.32. The minimum absolute atomic E-state index is 0.190. The van der Waals surface area contributed by atoms with Crippen LogP contribution >= 0.6 is 24.0 Å². The molecule has 1 amide bonds. The van der Waals surface area contributed by atoms with Crippen LogP contribution in [0.5, 0.6) is 0 Å². The number of rotatable bonds is 7. The van der Waals surface area contributed by atoms with E-state index >= 15 is 0 Å². The van der Waals surface area contributed by atoms with Gasteiger partial charge in [-0.1, -0.05) is 60.4 Å². The van der Waals surface area contributed by atoms with Crippen LogP contribution in [0.2, 0.25) is 0 Å². The molecule has 0 unspecified atom stereocenters. The van der Waals surface area contributed by atoms with Gasteiger partial charge in [0.05, 0.1) is 29.0 Å². The molecule has 4 heterocycles. The molecule has 176 valence electrons. The summed E-state index contributed by atoms with van der Waals surface area (Å²) in [6.07, 6.45) is 10.2. The summed E-state index contributed by atoms with van der Waals surface area (Å²) in [6, 6.07) is 13.5. The normalized spacial score (nSPS) is 15.0. The largest absolute Gasteiger partial charge is 0.337 e. The molecular formula is C26H23N5O2S2. The number of carbonyl (C=O) groups is 1. The third-order valence-corrected chi connectivity index (χ3v) is 7.18. The van der Waals surface area contributed by atoms with Gasteiger partial charge in [0.15, 0.2) is 0 Å². The Morgan fingerprint density at radius 1 is 1.11 bits per heavy atom. The van der Waals surface area contributed by atoms with Crippen LogP contribution in [0.1, 0.15) is 28.8 Å². The molecule has 9 heteroatoms. The quantitative estimate of drug-likeness (QED) is 0.279. The van der Waals surface area contributed by atoms with Gasteiger partial charge in [-0.3, -0.25) is 18.9 Å². The van der Waals surface area contributed by atoms with Gasteiger partial charge >= 0.3 is 0 Å². The van der Waals surface area contributed by atoms with Gasteiger partial charge in [0.2, 0.25) is 0 Å². The van der Waals surface area contributed by atoms with Crippen LogP contribution in [0.4, 0.5) is 0 Å². The van der Waals surface area contributed by atoms with E-state index in [1.807, 2.05) is 60.2 Å². The minimum Gasteiger partial charge on any atom is -0.337 e. The summed E-state index contributed by atoms with van der Waals surface area (Å²) < 4.78 is 4.02. The summed E-state index contributed by atoms with van der Waals surface area (Å²) in [5.41, 5.74) is 3.45. The van der Waals surface area contributed by atoms with Crippen LogP contribution in [-0.2, 0) is 24.3 Å². The first-order valence-electron chi connectivity index (χ1n) is 11.3. The smallest absolute Gasteiger partial charge is 0.266 e. The first-order chi connectivity index (χ1) is 17.0. The first kappa shape index (κ1) is 23.2. The van der Waals surface area contributed by atoms with Gasteiger partial charge in [0.25, 0.3) is 11.5 Å². The van der Waals surface area contributed by atoms with Crippen LogP contribution in [0.15, 0.2) is 77.1 Å². The second-order valence-electron chi connectivity index (χ2n) is 8.37. The predicted octanol–water partition coefficient (Wildman–Crippen LogP) is 4.23. The number of pyridine rings is 1. The van der Waals surface area contributed by atoms with Crippen LogP contribution in [0, 0.1) is 6.92 Å². The molecule has 3 aromatic heterocycles. The lowest BCUT2D eigenvalue weighted by atomic mass is 10.1. The number of benzene rings is 1. The third kappa shape index (κ3) is 4.96. The molecule has 1 aliphatic heterocycles. The number of thiocarbonyl (C=S) groups is 1. The number of carbonyl (C=O) groups excluding carboxylic acids is 1. The Morgan fingerprint density at radius 2 is 1.94 bits per heavy atom. The van der Waals surface area contributed by atoms with Gasteiger partial charge in [-0.05, 0) is 43.0 Å². The molecular weight excluding hydrogens is 478 g/mol. The topological polar surface area (TPSA) is 72.5 Å². The molecule has 35 heavy (non-hydrogen) atoms. The van der Waals surface area contributed by atoms with E-state index in [2.05, 4.69) is 4.98 Å². The number of nitrogens with zero attached hydrogens (tertiary/aromatic N) is 5. The van der Waals surface area contributed by atoms with E-state index < -0.39 is 0 Å². The van der Waals surface area contributed by atoms with Crippen molar-refractivity contribution in [1.29, 1.82) is 0 Å². The van der Waals surface area contributed by atoms with Gasteiger partial charge in [-0.2, -0.15) is 0 Å². The zero-order chi connectivity index (χ0) is 24.4. The van der Waals surface area contributed by atoms with Crippen molar-refractivity contribution in [3.05, 3.63) is 105 Å². The van der Waals surface area contributed by atoms with Crippen LogP contribution in [0.25, 0.3) is 11.7 Å². The van der Waals surface area contributed by atoms with Crippen molar-refractivity contribution in [3.63, 3.8) is 0 Å². The van der Waals surface area contributed by atoms with Gasteiger partial charge in [-0.25, -0.2) is 9.97 Å². The monoisotopic (exact) mass is 501 g/mol. The number of amides is 1. The van der Waals surface area contributed by atoms with Crippen molar-refractivity contribution in [2.45, 2.75) is 32.9 Å². The Labute approximate surface area is 212 Å². The maximum absolute atomic E-state index is 13.5. The lowest BCUT2D eigenvalue weighted by molar-refractivity contribution is -0.122. The minimum atomic E-state index is -0.193. The molecule has 0 N–H and O–H groups in total. The average Bonchev–Trinajstić information content (AvgIpc) is 3.46. The Hall–Kier alpha value is -3.56. The lowest BCUT2D eigenvalue weighted by Gasteiger charge is -2.14. The maximum Gasteiger partial charge on any atom is 0.266 e. The summed E-state index contributed by atoms with van der Waals surface area (Å²) in [5, 5.41) is 0. The molecule has 7 nitrogen and oxygen atoms in total. The molecule has 1 saturated heterocycles. The highest BCUT2D eigenvalue weighted by atomic mass is 32.2. The van der Waals surface area contributed by atoms with Crippen molar-refractivity contribution in [2.75, 3.05) is 0 Å². The fourth-order valence-electron chi connectivity index (χ4n) is 4.02. The molecule has 5 rings (SSSR count). The summed E-state index contributed by atoms with van der Waals surface area (Å²) in [6.45, 7) is 3.08. The van der Waals surface area contributed by atoms with E-state index in [0.29, 0.717) is 39.1 Å². The first-order valence-corrected chi connectivity index (χ1v) is 12.5. The lowest BCUT2D eigenvalue weighted by Crippen LogP contribution is -2.27. The Balaban J connectivity index is 1.50. The fraction of sp³-hybridized carbons (Fsp3) is 0.192. The highest BCUT2D eigenvalue weighted by molar-refractivity contribution is 8.26. The second kappa shape index (κ2) is 9.97. The SMILES string of the molecule is Cc1ccc2nc(CCCn3ccnc3)c(/C=C3\SC(=S)N(Cc4ccccc4)C3=O)c(=O)n2c1. The zero-order valence-electron chi connectivity index (χ0n) is 19.1. The number of aryl methyl sites for hydroxylation is 3. The van der Waals surface area contributed by atoms with E-state index in [0.717, 1.165) is 24.1 Å². The molecule has 0 atom stereocenters. The Bertz CT molecular complexity index is 1490. The molecule has 0 saturated carbocycles. The van der Waals surface area contributed by atoms with Gasteiger partial charge in [-0.15, -0.1) is 0 Å². The van der Waals surface area contributed by atoms with Gasteiger partial charge in [0.1, 0.15) is 9.97 Å². The standard InChI is InChI=1S/C26H23N5O2S2/c1-18-9-10-23-28-21(8-5-12-29-13-11-27-17-29)20(24(32)30(23)15-18)14-22-25(33)31(26(34)35-22)16-19-6-3-2-4-7-19/h2-4,6-7,9-11,13-15,17H,5,8,12,16H2,1H3/b22-14-. The van der Waals surface area contributed by atoms with E-state index in [1.54, 1.807) is 34.1 Å². The van der Waals surface area contributed by atoms with Gasteiger partial charge in [0, 0.05) is 25.1 Å². The predicted molar refractivity (Wildman–Crippen MR) is 142 cm³/mol. The van der Waals surface area contributed by atoms with Crippen LogP contribution < -0.4 is 5.56 Å². The van der Waals surface area contributed by atoms with E-state index in [9.17, 15) is 9.59 Å². The number of hydrogen-bond acceptors (Lipinski definition) is 6. The number of aromatic nitrogens is 4. The van der Waals surface area contributed by atoms with Crippen molar-refractivity contribution in [2.24, 2.45) is 0 Å². The molecule has 4 aromatic rings. The number of imidazole rings is 1. The summed E-state index contributed by atoms with van der Waals surface area (Å²) in [7, 11) is 0. The highest BCUT2D eigenvalue weighted by Crippen LogP contribution is 2.33. The van der Waals surface area contributed by atoms with Gasteiger partial charge < -0.3 is 4.57 Å². The Kier molecular flexibility index (Phi) is 6.61. The maximum atomic E-state index is 13.5. The number of hydrogen-bond donors (Lipinski definition) is 0. The van der Waals surface area contributed by atoms with E-state index in [-0.39, 0.29) is 11.5 Å². The van der Waals surface area contributed by atoms with E-state index in [4.69, 9.17) is 17.2 Å². The van der Waals surface area contributed by atoms with Crippen LogP contribution in [-0.4, -0.2) is 34.1 Å². The molecule has 1 aliphatic rings. The Morgan fingerprint density at radius 3 is 2.71 bits per heavy atom. The summed E-state index contributed by atoms with van der Waals surface area (Å²) >= 11 is 6.73. The molecule has 0 spiro atoms. The number of fused-ring (bicyclic) bond motifs is 1. The fourth-order valence-corrected chi connectivity index (χ4v) is 5.26.